The highest BCUT2D eigenvalue weighted by Gasteiger charge is 2.31. The maximum Gasteiger partial charge on any atom is 0.454 e. The molecule has 2 atom stereocenters. The Labute approximate surface area is 159 Å². The molecule has 1 saturated heterocycles. The number of nitrogens with zero attached hydrogens (tertiary/aromatic N) is 2. The van der Waals surface area contributed by atoms with Gasteiger partial charge in [0.1, 0.15) is 0 Å². The number of benzene rings is 1. The van der Waals surface area contributed by atoms with Crippen molar-refractivity contribution in [3.8, 4) is 22.9 Å². The van der Waals surface area contributed by atoms with Gasteiger partial charge in [-0.3, -0.25) is 0 Å². The van der Waals surface area contributed by atoms with Gasteiger partial charge in [-0.15, -0.1) is 0 Å². The predicted molar refractivity (Wildman–Crippen MR) is 102 cm³/mol. The number of aromatic nitrogens is 2. The van der Waals surface area contributed by atoms with Gasteiger partial charge >= 0.3 is 7.12 Å². The van der Waals surface area contributed by atoms with Crippen molar-refractivity contribution in [2.24, 2.45) is 0 Å². The van der Waals surface area contributed by atoms with Crippen molar-refractivity contribution in [1.29, 1.82) is 0 Å². The van der Waals surface area contributed by atoms with Crippen molar-refractivity contribution in [3.05, 3.63) is 35.7 Å². The summed E-state index contributed by atoms with van der Waals surface area (Å²) in [6, 6.07) is 7.31. The monoisotopic (exact) mass is 372 g/mol. The second kappa shape index (κ2) is 8.69. The van der Waals surface area contributed by atoms with Crippen LogP contribution in [0.2, 0.25) is 6.32 Å². The number of methoxy groups -OCH3 is 1. The molecular formula is C19H25BN2O5. The molecule has 0 spiro atoms. The highest BCUT2D eigenvalue weighted by molar-refractivity contribution is 6.43. The van der Waals surface area contributed by atoms with Crippen molar-refractivity contribution in [2.75, 3.05) is 20.3 Å². The van der Waals surface area contributed by atoms with E-state index in [0.717, 1.165) is 17.7 Å². The minimum atomic E-state index is -0.779. The van der Waals surface area contributed by atoms with E-state index in [1.807, 2.05) is 25.1 Å². The number of hydrogen-bond acceptors (Lipinski definition) is 7. The molecule has 8 heteroatoms. The summed E-state index contributed by atoms with van der Waals surface area (Å²) in [5, 5.41) is 19.7. The van der Waals surface area contributed by atoms with Crippen molar-refractivity contribution in [3.63, 3.8) is 0 Å². The number of aliphatic hydroxyl groups excluding tert-OH is 1. The van der Waals surface area contributed by atoms with Crippen LogP contribution >= 0.6 is 0 Å². The van der Waals surface area contributed by atoms with Crippen molar-refractivity contribution in [1.82, 2.24) is 9.97 Å². The Kier molecular flexibility index (Phi) is 6.31. The Morgan fingerprint density at radius 2 is 2.11 bits per heavy atom. The van der Waals surface area contributed by atoms with E-state index in [4.69, 9.17) is 14.1 Å². The molecule has 0 unspecified atom stereocenters. The van der Waals surface area contributed by atoms with Crippen LogP contribution in [0.3, 0.4) is 0 Å². The van der Waals surface area contributed by atoms with Crippen LogP contribution in [-0.4, -0.2) is 47.5 Å². The van der Waals surface area contributed by atoms with E-state index in [1.54, 1.807) is 20.1 Å². The molecule has 2 aromatic rings. The zero-order valence-electron chi connectivity index (χ0n) is 15.9. The van der Waals surface area contributed by atoms with Gasteiger partial charge in [0, 0.05) is 23.8 Å². The number of ether oxygens (including phenoxy) is 2. The summed E-state index contributed by atoms with van der Waals surface area (Å²) in [5.41, 5.74) is 2.05. The molecule has 1 fully saturated rings. The Morgan fingerprint density at radius 1 is 1.30 bits per heavy atom. The van der Waals surface area contributed by atoms with E-state index in [0.29, 0.717) is 42.6 Å². The van der Waals surface area contributed by atoms with Gasteiger partial charge < -0.3 is 24.3 Å². The predicted octanol–water partition coefficient (Wildman–Crippen LogP) is 2.59. The first-order valence-corrected chi connectivity index (χ1v) is 9.19. The second-order valence-corrected chi connectivity index (χ2v) is 6.65. The normalized spacial score (nSPS) is 17.8. The lowest BCUT2D eigenvalue weighted by Gasteiger charge is -2.15. The van der Waals surface area contributed by atoms with Gasteiger partial charge in [-0.1, -0.05) is 6.92 Å². The molecule has 1 aliphatic heterocycles. The summed E-state index contributed by atoms with van der Waals surface area (Å²) in [7, 11) is 0.820. The molecule has 1 aromatic carbocycles. The molecule has 3 rings (SSSR count). The standard InChI is InChI=1S/C19H25BN2O5/c1-4-7-26-18-8-13(5-6-17(18)25-3)19-21-15(12(2)23)9-16(22-19)14-10-20(24)27-11-14/h5-6,8-9,12,14,23-24H,4,7,10-11H2,1-3H3/t12-,14-/m1/s1. The SMILES string of the molecule is CCCOc1cc(-c2nc([C@H]3COB(O)C3)cc([C@@H](C)O)n2)ccc1OC. The minimum Gasteiger partial charge on any atom is -0.493 e. The van der Waals surface area contributed by atoms with E-state index >= 15 is 0 Å². The number of aliphatic hydroxyl groups is 1. The Bertz CT molecular complexity index is 787. The molecule has 1 aliphatic rings. The van der Waals surface area contributed by atoms with Crippen LogP contribution < -0.4 is 9.47 Å². The molecule has 0 amide bonds. The van der Waals surface area contributed by atoms with Crippen molar-refractivity contribution >= 4 is 7.12 Å². The first-order chi connectivity index (χ1) is 13.0. The third-order valence-electron chi connectivity index (χ3n) is 4.47. The lowest BCUT2D eigenvalue weighted by molar-refractivity contribution is 0.194. The summed E-state index contributed by atoms with van der Waals surface area (Å²) in [6.07, 6.45) is 0.630. The first-order valence-electron chi connectivity index (χ1n) is 9.19. The molecule has 0 saturated carbocycles. The molecule has 2 N–H and O–H groups in total. The van der Waals surface area contributed by atoms with Gasteiger partial charge in [0.15, 0.2) is 17.3 Å². The molecular weight excluding hydrogens is 347 g/mol. The first kappa shape index (κ1) is 19.6. The fourth-order valence-corrected chi connectivity index (χ4v) is 2.99. The number of rotatable bonds is 7. The Morgan fingerprint density at radius 3 is 2.74 bits per heavy atom. The van der Waals surface area contributed by atoms with Crippen molar-refractivity contribution < 1.29 is 24.3 Å². The maximum atomic E-state index is 10.1. The van der Waals surface area contributed by atoms with E-state index in [9.17, 15) is 10.1 Å². The van der Waals surface area contributed by atoms with E-state index in [2.05, 4.69) is 9.97 Å². The number of hydrogen-bond donors (Lipinski definition) is 2. The van der Waals surface area contributed by atoms with Gasteiger partial charge in [-0.05, 0) is 43.9 Å². The second-order valence-electron chi connectivity index (χ2n) is 6.65. The highest BCUT2D eigenvalue weighted by Crippen LogP contribution is 2.34. The van der Waals surface area contributed by atoms with E-state index < -0.39 is 13.2 Å². The lowest BCUT2D eigenvalue weighted by atomic mass is 9.81. The van der Waals surface area contributed by atoms with Gasteiger partial charge in [-0.25, -0.2) is 9.97 Å². The average molecular weight is 372 g/mol. The van der Waals surface area contributed by atoms with E-state index in [-0.39, 0.29) is 5.92 Å². The highest BCUT2D eigenvalue weighted by atomic mass is 16.5. The van der Waals surface area contributed by atoms with Gasteiger partial charge in [0.2, 0.25) is 0 Å². The van der Waals surface area contributed by atoms with Crippen LogP contribution in [0.5, 0.6) is 11.5 Å². The molecule has 7 nitrogen and oxygen atoms in total. The van der Waals surface area contributed by atoms with Crippen LogP contribution in [0.25, 0.3) is 11.4 Å². The fraction of sp³-hybridized carbons (Fsp3) is 0.474. The summed E-state index contributed by atoms with van der Waals surface area (Å²) in [6.45, 7) is 4.68. The van der Waals surface area contributed by atoms with Crippen molar-refractivity contribution in [2.45, 2.75) is 38.6 Å². The summed E-state index contributed by atoms with van der Waals surface area (Å²) in [5.74, 6) is 1.73. The van der Waals surface area contributed by atoms with Crippen LogP contribution in [-0.2, 0) is 4.65 Å². The minimum absolute atomic E-state index is 0.0340. The summed E-state index contributed by atoms with van der Waals surface area (Å²) in [4.78, 5) is 9.18. The molecule has 0 aliphatic carbocycles. The lowest BCUT2D eigenvalue weighted by Crippen LogP contribution is -2.09. The molecule has 144 valence electrons. The van der Waals surface area contributed by atoms with Crippen LogP contribution in [0.4, 0.5) is 0 Å². The molecule has 1 aromatic heterocycles. The largest absolute Gasteiger partial charge is 0.493 e. The van der Waals surface area contributed by atoms with Gasteiger partial charge in [-0.2, -0.15) is 0 Å². The van der Waals surface area contributed by atoms with Gasteiger partial charge in [0.25, 0.3) is 0 Å². The molecule has 0 bridgehead atoms. The summed E-state index contributed by atoms with van der Waals surface area (Å²) < 4.78 is 16.4. The summed E-state index contributed by atoms with van der Waals surface area (Å²) >= 11 is 0. The van der Waals surface area contributed by atoms with E-state index in [1.165, 1.54) is 0 Å². The van der Waals surface area contributed by atoms with Crippen LogP contribution in [0.1, 0.15) is 43.7 Å². The zero-order valence-corrected chi connectivity index (χ0v) is 15.9. The molecule has 2 heterocycles. The smallest absolute Gasteiger partial charge is 0.454 e. The Balaban J connectivity index is 2.01. The molecule has 0 radical (unpaired) electrons. The van der Waals surface area contributed by atoms with Crippen LogP contribution in [0.15, 0.2) is 24.3 Å². The fourth-order valence-electron chi connectivity index (χ4n) is 2.99. The topological polar surface area (TPSA) is 93.9 Å². The maximum absolute atomic E-state index is 10.1. The van der Waals surface area contributed by atoms with Crippen LogP contribution in [0, 0.1) is 0 Å². The quantitative estimate of drug-likeness (QED) is 0.722. The Hall–Kier alpha value is -2.16. The molecule has 27 heavy (non-hydrogen) atoms. The zero-order chi connectivity index (χ0) is 19.4. The third kappa shape index (κ3) is 4.58. The third-order valence-corrected chi connectivity index (χ3v) is 4.47. The average Bonchev–Trinajstić information content (AvgIpc) is 3.12. The van der Waals surface area contributed by atoms with Gasteiger partial charge in [0.05, 0.1) is 25.5 Å².